The maximum absolute atomic E-state index is 13.6. The van der Waals surface area contributed by atoms with E-state index in [1.54, 1.807) is 14.2 Å². The number of piperidine rings is 1. The van der Waals surface area contributed by atoms with Gasteiger partial charge in [0.05, 0.1) is 33.3 Å². The van der Waals surface area contributed by atoms with Crippen molar-refractivity contribution in [2.24, 2.45) is 0 Å². The number of sulfonamides is 1. The number of allylic oxidation sites excluding steroid dienone is 3. The standard InChI is InChI=1S/C29H38N2O9S.C2H2/c1-7-20(9-8-19(2)23-18-22(36-3)10-11-24(23)37-4)40-21-14-16-31(17-15-21)41(34,35)26-13-12-25(38-5)28(39-6)27(26)29(32)30-33;1-2/h7-13,18-19,21,33H,14-17H2,1-6H3,(H,30,32);1-2H/b9-8-,20-7+;. The highest BCUT2D eigenvalue weighted by molar-refractivity contribution is 7.89. The van der Waals surface area contributed by atoms with Gasteiger partial charge in [0.2, 0.25) is 10.0 Å². The van der Waals surface area contributed by atoms with Crippen molar-refractivity contribution in [3.8, 4) is 35.8 Å². The van der Waals surface area contributed by atoms with Crippen LogP contribution in [-0.4, -0.2) is 71.5 Å². The summed E-state index contributed by atoms with van der Waals surface area (Å²) >= 11 is 0. The average molecular weight is 617 g/mol. The molecule has 0 saturated carbocycles. The summed E-state index contributed by atoms with van der Waals surface area (Å²) in [5.74, 6) is 1.21. The number of carbonyl (C=O) groups excluding carboxylic acids is 1. The Balaban J connectivity index is 0.00000316. The molecule has 3 rings (SSSR count). The van der Waals surface area contributed by atoms with Gasteiger partial charge in [-0.3, -0.25) is 10.0 Å². The van der Waals surface area contributed by atoms with Crippen LogP contribution in [0.25, 0.3) is 0 Å². The average Bonchev–Trinajstić information content (AvgIpc) is 3.05. The first-order valence-electron chi connectivity index (χ1n) is 13.4. The van der Waals surface area contributed by atoms with E-state index in [1.807, 2.05) is 50.3 Å². The summed E-state index contributed by atoms with van der Waals surface area (Å²) in [5, 5.41) is 9.26. The summed E-state index contributed by atoms with van der Waals surface area (Å²) in [6.45, 7) is 4.28. The van der Waals surface area contributed by atoms with Crippen LogP contribution >= 0.6 is 0 Å². The molecule has 0 bridgehead atoms. The molecule has 1 heterocycles. The molecule has 1 aliphatic rings. The molecule has 0 aliphatic carbocycles. The summed E-state index contributed by atoms with van der Waals surface area (Å²) in [4.78, 5) is 12.2. The molecule has 0 radical (unpaired) electrons. The third kappa shape index (κ3) is 8.22. The smallest absolute Gasteiger partial charge is 0.279 e. The Labute approximate surface area is 254 Å². The number of amides is 1. The molecule has 2 aromatic carbocycles. The number of terminal acetylenes is 1. The summed E-state index contributed by atoms with van der Waals surface area (Å²) in [6.07, 6.45) is 14.5. The summed E-state index contributed by atoms with van der Waals surface area (Å²) in [7, 11) is 1.78. The molecule has 2 aromatic rings. The van der Waals surface area contributed by atoms with Gasteiger partial charge in [0.1, 0.15) is 28.9 Å². The molecule has 12 heteroatoms. The molecule has 1 fully saturated rings. The lowest BCUT2D eigenvalue weighted by Gasteiger charge is -2.32. The first kappa shape index (κ1) is 35.0. The Kier molecular flexibility index (Phi) is 13.4. The first-order chi connectivity index (χ1) is 20.6. The molecule has 43 heavy (non-hydrogen) atoms. The van der Waals surface area contributed by atoms with E-state index in [1.165, 1.54) is 36.1 Å². The molecule has 0 aromatic heterocycles. The molecule has 1 unspecified atom stereocenters. The number of carbonyl (C=O) groups is 1. The number of ether oxygens (including phenoxy) is 5. The lowest BCUT2D eigenvalue weighted by Crippen LogP contribution is -2.41. The minimum absolute atomic E-state index is 0.0115. The molecule has 2 N–H and O–H groups in total. The monoisotopic (exact) mass is 616 g/mol. The fourth-order valence-electron chi connectivity index (χ4n) is 4.66. The van der Waals surface area contributed by atoms with Crippen molar-refractivity contribution in [1.82, 2.24) is 9.79 Å². The van der Waals surface area contributed by atoms with Crippen LogP contribution < -0.4 is 24.4 Å². The van der Waals surface area contributed by atoms with Crippen LogP contribution in [0.2, 0.25) is 0 Å². The SMILES string of the molecule is C#C.C/C=C(\C=C/C(C)c1cc(OC)ccc1OC)OC1CCN(S(=O)(=O)c2ccc(OC)c(OC)c2C(=O)NO)CC1. The lowest BCUT2D eigenvalue weighted by molar-refractivity contribution is 0.0696. The van der Waals surface area contributed by atoms with Gasteiger partial charge in [-0.05, 0) is 62.2 Å². The van der Waals surface area contributed by atoms with E-state index in [-0.39, 0.29) is 47.1 Å². The van der Waals surface area contributed by atoms with Crippen LogP contribution in [0, 0.1) is 12.8 Å². The van der Waals surface area contributed by atoms with Gasteiger partial charge in [-0.15, -0.1) is 12.8 Å². The maximum atomic E-state index is 13.6. The second kappa shape index (κ2) is 16.5. The second-order valence-electron chi connectivity index (χ2n) is 9.28. The van der Waals surface area contributed by atoms with Gasteiger partial charge < -0.3 is 23.7 Å². The predicted octanol–water partition coefficient (Wildman–Crippen LogP) is 4.52. The van der Waals surface area contributed by atoms with Crippen LogP contribution in [0.4, 0.5) is 0 Å². The molecule has 1 amide bonds. The highest BCUT2D eigenvalue weighted by atomic mass is 32.2. The molecular weight excluding hydrogens is 576 g/mol. The van der Waals surface area contributed by atoms with Crippen molar-refractivity contribution in [2.45, 2.75) is 43.6 Å². The molecule has 234 valence electrons. The summed E-state index contributed by atoms with van der Waals surface area (Å²) < 4.78 is 56.0. The van der Waals surface area contributed by atoms with Crippen molar-refractivity contribution >= 4 is 15.9 Å². The van der Waals surface area contributed by atoms with Gasteiger partial charge in [-0.2, -0.15) is 4.31 Å². The molecule has 1 saturated heterocycles. The van der Waals surface area contributed by atoms with Crippen molar-refractivity contribution in [3.05, 3.63) is 65.4 Å². The Morgan fingerprint density at radius 1 is 1.02 bits per heavy atom. The Hall–Kier alpha value is -4.18. The quantitative estimate of drug-likeness (QED) is 0.116. The first-order valence-corrected chi connectivity index (χ1v) is 14.8. The van der Waals surface area contributed by atoms with Crippen LogP contribution in [0.3, 0.4) is 0 Å². The number of nitrogens with one attached hydrogen (secondary N) is 1. The van der Waals surface area contributed by atoms with Gasteiger partial charge in [0, 0.05) is 24.6 Å². The highest BCUT2D eigenvalue weighted by Gasteiger charge is 2.35. The summed E-state index contributed by atoms with van der Waals surface area (Å²) in [6, 6.07) is 8.33. The zero-order chi connectivity index (χ0) is 32.2. The van der Waals surface area contributed by atoms with Crippen molar-refractivity contribution in [2.75, 3.05) is 41.5 Å². The minimum atomic E-state index is -4.11. The van der Waals surface area contributed by atoms with E-state index in [0.717, 1.165) is 17.1 Å². The van der Waals surface area contributed by atoms with E-state index in [0.29, 0.717) is 18.6 Å². The normalized spacial score (nSPS) is 15.1. The molecule has 1 aliphatic heterocycles. The van der Waals surface area contributed by atoms with Gasteiger partial charge in [0.25, 0.3) is 5.91 Å². The van der Waals surface area contributed by atoms with Crippen LogP contribution in [0.15, 0.2) is 59.2 Å². The predicted molar refractivity (Wildman–Crippen MR) is 162 cm³/mol. The van der Waals surface area contributed by atoms with Crippen molar-refractivity contribution < 1.29 is 42.1 Å². The zero-order valence-corrected chi connectivity index (χ0v) is 26.1. The van der Waals surface area contributed by atoms with E-state index in [4.69, 9.17) is 23.7 Å². The Morgan fingerprint density at radius 2 is 1.65 bits per heavy atom. The van der Waals surface area contributed by atoms with Gasteiger partial charge in [-0.25, -0.2) is 13.9 Å². The number of rotatable bonds is 12. The third-order valence-corrected chi connectivity index (χ3v) is 8.86. The van der Waals surface area contributed by atoms with E-state index in [2.05, 4.69) is 12.8 Å². The Morgan fingerprint density at radius 3 is 2.19 bits per heavy atom. The maximum Gasteiger partial charge on any atom is 0.279 e. The summed E-state index contributed by atoms with van der Waals surface area (Å²) in [5.41, 5.74) is 2.13. The molecule has 11 nitrogen and oxygen atoms in total. The number of benzene rings is 2. The number of hydrogen-bond donors (Lipinski definition) is 2. The second-order valence-corrected chi connectivity index (χ2v) is 11.2. The van der Waals surface area contributed by atoms with E-state index >= 15 is 0 Å². The molecule has 0 spiro atoms. The lowest BCUT2D eigenvalue weighted by atomic mass is 9.99. The van der Waals surface area contributed by atoms with Crippen LogP contribution in [0.1, 0.15) is 48.5 Å². The Bertz CT molecular complexity index is 1430. The van der Waals surface area contributed by atoms with E-state index in [9.17, 15) is 18.4 Å². The number of hydrogen-bond acceptors (Lipinski definition) is 9. The largest absolute Gasteiger partial charge is 0.497 e. The highest BCUT2D eigenvalue weighted by Crippen LogP contribution is 2.37. The van der Waals surface area contributed by atoms with E-state index < -0.39 is 15.9 Å². The fraction of sp³-hybridized carbons (Fsp3) is 0.387. The van der Waals surface area contributed by atoms with Crippen LogP contribution in [-0.2, 0) is 14.8 Å². The fourth-order valence-corrected chi connectivity index (χ4v) is 6.31. The molecule has 1 atom stereocenters. The minimum Gasteiger partial charge on any atom is -0.497 e. The van der Waals surface area contributed by atoms with Gasteiger partial charge in [0.15, 0.2) is 11.5 Å². The third-order valence-electron chi connectivity index (χ3n) is 6.92. The topological polar surface area (TPSA) is 133 Å². The van der Waals surface area contributed by atoms with Crippen molar-refractivity contribution in [3.63, 3.8) is 0 Å². The molecular formula is C31H40N2O9S. The number of hydroxylamine groups is 1. The van der Waals surface area contributed by atoms with Gasteiger partial charge >= 0.3 is 0 Å². The van der Waals surface area contributed by atoms with Crippen LogP contribution in [0.5, 0.6) is 23.0 Å². The van der Waals surface area contributed by atoms with Crippen molar-refractivity contribution in [1.29, 1.82) is 0 Å². The number of methoxy groups -OCH3 is 4. The zero-order valence-electron chi connectivity index (χ0n) is 25.3. The number of nitrogens with zero attached hydrogens (tertiary/aromatic N) is 1. The van der Waals surface area contributed by atoms with Gasteiger partial charge in [-0.1, -0.05) is 13.0 Å².